The van der Waals surface area contributed by atoms with E-state index >= 15 is 0 Å². The Hall–Kier alpha value is -0.780. The maximum atomic E-state index is 11.9. The Morgan fingerprint density at radius 3 is 2.75 bits per heavy atom. The van der Waals surface area contributed by atoms with Crippen molar-refractivity contribution in [2.75, 3.05) is 19.0 Å². The van der Waals surface area contributed by atoms with Crippen molar-refractivity contribution in [2.24, 2.45) is 0 Å². The van der Waals surface area contributed by atoms with Crippen molar-refractivity contribution in [1.29, 1.82) is 0 Å². The van der Waals surface area contributed by atoms with E-state index in [1.54, 1.807) is 19.2 Å². The fourth-order valence-corrected chi connectivity index (χ4v) is 2.69. The third kappa shape index (κ3) is 5.69. The Morgan fingerprint density at radius 1 is 1.45 bits per heavy atom. The van der Waals surface area contributed by atoms with Crippen molar-refractivity contribution in [3.63, 3.8) is 0 Å². The van der Waals surface area contributed by atoms with Crippen molar-refractivity contribution in [2.45, 2.75) is 32.7 Å². The van der Waals surface area contributed by atoms with Gasteiger partial charge in [0, 0.05) is 17.5 Å². The van der Waals surface area contributed by atoms with Crippen molar-refractivity contribution < 1.29 is 9.53 Å². The molecule has 0 saturated carbocycles. The van der Waals surface area contributed by atoms with Crippen LogP contribution in [0, 0.1) is 0 Å². The first-order valence-corrected chi connectivity index (χ1v) is 7.67. The molecule has 0 aliphatic carbocycles. The summed E-state index contributed by atoms with van der Waals surface area (Å²) in [5, 5.41) is 6.63. The number of carbonyl (C=O) groups is 1. The number of nitrogens with one attached hydrogen (secondary N) is 2. The average molecular weight is 364 g/mol. The summed E-state index contributed by atoms with van der Waals surface area (Å²) in [6, 6.07) is 3.83. The Balaban J connectivity index is 2.57. The van der Waals surface area contributed by atoms with Gasteiger partial charge in [-0.25, -0.2) is 0 Å². The van der Waals surface area contributed by atoms with Gasteiger partial charge in [-0.05, 0) is 41.0 Å². The molecule has 20 heavy (non-hydrogen) atoms. The number of hydrogen-bond donors (Lipinski definition) is 2. The zero-order chi connectivity index (χ0) is 15.1. The summed E-state index contributed by atoms with van der Waals surface area (Å²) < 4.78 is 5.97. The molecule has 0 aliphatic heterocycles. The van der Waals surface area contributed by atoms with Crippen molar-refractivity contribution in [3.05, 3.63) is 21.6 Å². The van der Waals surface area contributed by atoms with E-state index in [-0.39, 0.29) is 5.91 Å². The van der Waals surface area contributed by atoms with Crippen LogP contribution in [-0.4, -0.2) is 25.6 Å². The van der Waals surface area contributed by atoms with Gasteiger partial charge in [0.2, 0.25) is 5.91 Å². The first kappa shape index (κ1) is 17.3. The fraction of sp³-hybridized carbons (Fsp3) is 0.500. The van der Waals surface area contributed by atoms with Gasteiger partial charge in [0.15, 0.2) is 5.75 Å². The molecule has 0 saturated heterocycles. The van der Waals surface area contributed by atoms with Gasteiger partial charge in [0.1, 0.15) is 0 Å². The van der Waals surface area contributed by atoms with Crippen LogP contribution in [0.2, 0.25) is 5.02 Å². The molecule has 2 N–H and O–H groups in total. The highest BCUT2D eigenvalue weighted by Crippen LogP contribution is 2.36. The number of anilines is 1. The van der Waals surface area contributed by atoms with Gasteiger partial charge in [-0.2, -0.15) is 0 Å². The molecular formula is C14H20BrClN2O2. The van der Waals surface area contributed by atoms with E-state index < -0.39 is 0 Å². The lowest BCUT2D eigenvalue weighted by Crippen LogP contribution is -2.24. The molecule has 0 heterocycles. The van der Waals surface area contributed by atoms with Crippen LogP contribution in [0.5, 0.6) is 5.75 Å². The van der Waals surface area contributed by atoms with E-state index in [1.165, 1.54) is 0 Å². The summed E-state index contributed by atoms with van der Waals surface area (Å²) in [5.74, 6) is 0.520. The second kappa shape index (κ2) is 8.49. The number of methoxy groups -OCH3 is 1. The molecule has 0 atom stereocenters. The number of amides is 1. The van der Waals surface area contributed by atoms with Crippen LogP contribution in [0.4, 0.5) is 5.69 Å². The third-order valence-electron chi connectivity index (χ3n) is 2.62. The summed E-state index contributed by atoms with van der Waals surface area (Å²) in [7, 11) is 1.55. The zero-order valence-electron chi connectivity index (χ0n) is 11.9. The Bertz CT molecular complexity index is 467. The molecule has 1 aromatic carbocycles. The van der Waals surface area contributed by atoms with E-state index in [2.05, 4.69) is 40.4 Å². The van der Waals surface area contributed by atoms with Crippen LogP contribution < -0.4 is 15.4 Å². The van der Waals surface area contributed by atoms with Crippen LogP contribution in [-0.2, 0) is 4.79 Å². The molecule has 0 aromatic heterocycles. The lowest BCUT2D eigenvalue weighted by molar-refractivity contribution is -0.116. The predicted octanol–water partition coefficient (Wildman–Crippen LogP) is 3.83. The first-order valence-electron chi connectivity index (χ1n) is 6.50. The highest BCUT2D eigenvalue weighted by molar-refractivity contribution is 9.10. The van der Waals surface area contributed by atoms with E-state index in [4.69, 9.17) is 16.3 Å². The summed E-state index contributed by atoms with van der Waals surface area (Å²) in [6.07, 6.45) is 1.24. The summed E-state index contributed by atoms with van der Waals surface area (Å²) in [4.78, 5) is 11.9. The van der Waals surface area contributed by atoms with Crippen molar-refractivity contribution >= 4 is 39.1 Å². The number of rotatable bonds is 7. The van der Waals surface area contributed by atoms with E-state index in [0.29, 0.717) is 33.4 Å². The smallest absolute Gasteiger partial charge is 0.224 e. The molecule has 0 spiro atoms. The van der Waals surface area contributed by atoms with E-state index in [0.717, 1.165) is 13.0 Å². The SMILES string of the molecule is COc1c(Br)cc(Cl)cc1NC(=O)CCCNC(C)C. The lowest BCUT2D eigenvalue weighted by Gasteiger charge is -2.13. The lowest BCUT2D eigenvalue weighted by atomic mass is 10.2. The fourth-order valence-electron chi connectivity index (χ4n) is 1.71. The van der Waals surface area contributed by atoms with Crippen LogP contribution in [0.3, 0.4) is 0 Å². The van der Waals surface area contributed by atoms with Gasteiger partial charge >= 0.3 is 0 Å². The molecule has 1 rings (SSSR count). The first-order chi connectivity index (χ1) is 9.43. The normalized spacial score (nSPS) is 10.7. The number of benzene rings is 1. The molecule has 112 valence electrons. The Kier molecular flexibility index (Phi) is 7.34. The number of hydrogen-bond acceptors (Lipinski definition) is 3. The minimum Gasteiger partial charge on any atom is -0.493 e. The zero-order valence-corrected chi connectivity index (χ0v) is 14.3. The second-order valence-electron chi connectivity index (χ2n) is 4.73. The van der Waals surface area contributed by atoms with Crippen LogP contribution in [0.15, 0.2) is 16.6 Å². The van der Waals surface area contributed by atoms with Crippen molar-refractivity contribution in [3.8, 4) is 5.75 Å². The molecule has 0 aliphatic rings. The summed E-state index contributed by atoms with van der Waals surface area (Å²) in [6.45, 7) is 4.98. The maximum Gasteiger partial charge on any atom is 0.224 e. The van der Waals surface area contributed by atoms with E-state index in [1.807, 2.05) is 0 Å². The molecule has 1 aromatic rings. The summed E-state index contributed by atoms with van der Waals surface area (Å²) >= 11 is 9.33. The Labute approximate surface area is 133 Å². The minimum absolute atomic E-state index is 0.0528. The number of ether oxygens (including phenoxy) is 1. The second-order valence-corrected chi connectivity index (χ2v) is 6.02. The van der Waals surface area contributed by atoms with Gasteiger partial charge in [-0.3, -0.25) is 4.79 Å². The molecular weight excluding hydrogens is 344 g/mol. The molecule has 0 fully saturated rings. The highest BCUT2D eigenvalue weighted by atomic mass is 79.9. The monoisotopic (exact) mass is 362 g/mol. The van der Waals surface area contributed by atoms with Crippen LogP contribution >= 0.6 is 27.5 Å². The van der Waals surface area contributed by atoms with Gasteiger partial charge in [-0.15, -0.1) is 0 Å². The minimum atomic E-state index is -0.0528. The average Bonchev–Trinajstić information content (AvgIpc) is 2.34. The van der Waals surface area contributed by atoms with E-state index in [9.17, 15) is 4.79 Å². The predicted molar refractivity (Wildman–Crippen MR) is 86.7 cm³/mol. The van der Waals surface area contributed by atoms with Gasteiger partial charge in [-0.1, -0.05) is 25.4 Å². The topological polar surface area (TPSA) is 50.4 Å². The molecule has 0 radical (unpaired) electrons. The number of halogens is 2. The molecule has 1 amide bonds. The standard InChI is InChI=1S/C14H20BrClN2O2/c1-9(2)17-6-4-5-13(19)18-12-8-10(16)7-11(15)14(12)20-3/h7-9,17H,4-6H2,1-3H3,(H,18,19). The summed E-state index contributed by atoms with van der Waals surface area (Å²) in [5.41, 5.74) is 0.577. The third-order valence-corrected chi connectivity index (χ3v) is 3.43. The number of carbonyl (C=O) groups excluding carboxylic acids is 1. The molecule has 4 nitrogen and oxygen atoms in total. The van der Waals surface area contributed by atoms with Crippen LogP contribution in [0.25, 0.3) is 0 Å². The Morgan fingerprint density at radius 2 is 2.15 bits per heavy atom. The quantitative estimate of drug-likeness (QED) is 0.724. The van der Waals surface area contributed by atoms with Gasteiger partial charge < -0.3 is 15.4 Å². The molecule has 0 bridgehead atoms. The maximum absolute atomic E-state index is 11.9. The molecule has 0 unspecified atom stereocenters. The van der Waals surface area contributed by atoms with Crippen LogP contribution in [0.1, 0.15) is 26.7 Å². The molecule has 6 heteroatoms. The largest absolute Gasteiger partial charge is 0.493 e. The van der Waals surface area contributed by atoms with Gasteiger partial charge in [0.25, 0.3) is 0 Å². The highest BCUT2D eigenvalue weighted by Gasteiger charge is 2.12. The van der Waals surface area contributed by atoms with Gasteiger partial charge in [0.05, 0.1) is 17.3 Å². The van der Waals surface area contributed by atoms with Crippen molar-refractivity contribution in [1.82, 2.24) is 5.32 Å².